The molecular weight excluding hydrogens is 290 g/mol. The van der Waals surface area contributed by atoms with Gasteiger partial charge in [-0.1, -0.05) is 13.0 Å². The van der Waals surface area contributed by atoms with Gasteiger partial charge in [-0.15, -0.1) is 0 Å². The van der Waals surface area contributed by atoms with Crippen molar-refractivity contribution >= 4 is 6.03 Å². The molecule has 0 aromatic heterocycles. The number of carbonyl (C=O) groups is 1. The summed E-state index contributed by atoms with van der Waals surface area (Å²) in [5, 5.41) is 5.71. The van der Waals surface area contributed by atoms with Crippen molar-refractivity contribution in [2.45, 2.75) is 50.4 Å². The fourth-order valence-corrected chi connectivity index (χ4v) is 3.19. The molecule has 2 aliphatic rings. The number of fused-ring (bicyclic) bond motifs is 2. The number of ether oxygens (including phenoxy) is 1. The number of halogens is 2. The third kappa shape index (κ3) is 3.21. The van der Waals surface area contributed by atoms with E-state index < -0.39 is 11.6 Å². The van der Waals surface area contributed by atoms with Gasteiger partial charge in [-0.2, -0.15) is 0 Å². The quantitative estimate of drug-likeness (QED) is 0.898. The highest BCUT2D eigenvalue weighted by Gasteiger charge is 2.41. The Morgan fingerprint density at radius 3 is 2.82 bits per heavy atom. The minimum atomic E-state index is -0.868. The van der Waals surface area contributed by atoms with Crippen LogP contribution in [0.15, 0.2) is 18.2 Å². The number of benzene rings is 1. The van der Waals surface area contributed by atoms with Crippen molar-refractivity contribution < 1.29 is 18.3 Å². The van der Waals surface area contributed by atoms with Gasteiger partial charge in [0.25, 0.3) is 0 Å². The van der Waals surface area contributed by atoms with Crippen molar-refractivity contribution in [3.8, 4) is 0 Å². The van der Waals surface area contributed by atoms with Crippen LogP contribution < -0.4 is 10.6 Å². The second kappa shape index (κ2) is 6.20. The maximum absolute atomic E-state index is 13.2. The zero-order chi connectivity index (χ0) is 15.7. The van der Waals surface area contributed by atoms with Crippen molar-refractivity contribution in [1.29, 1.82) is 0 Å². The zero-order valence-corrected chi connectivity index (χ0v) is 12.4. The summed E-state index contributed by atoms with van der Waals surface area (Å²) in [6.07, 6.45) is 3.38. The molecule has 2 amide bonds. The topological polar surface area (TPSA) is 50.4 Å². The maximum Gasteiger partial charge on any atom is 0.315 e. The first-order valence-electron chi connectivity index (χ1n) is 7.67. The van der Waals surface area contributed by atoms with Gasteiger partial charge in [0.1, 0.15) is 0 Å². The largest absolute Gasteiger partial charge is 0.373 e. The molecule has 0 spiro atoms. The molecular formula is C16H20F2N2O2. The Morgan fingerprint density at radius 1 is 1.36 bits per heavy atom. The molecule has 2 bridgehead atoms. The lowest BCUT2D eigenvalue weighted by atomic mass is 9.96. The van der Waals surface area contributed by atoms with Gasteiger partial charge in [-0.05, 0) is 42.9 Å². The summed E-state index contributed by atoms with van der Waals surface area (Å²) in [4.78, 5) is 11.9. The van der Waals surface area contributed by atoms with E-state index in [1.165, 1.54) is 12.1 Å². The number of carbonyl (C=O) groups excluding carboxylic acids is 1. The Bertz CT molecular complexity index is 567. The van der Waals surface area contributed by atoms with Crippen LogP contribution in [0.2, 0.25) is 0 Å². The molecule has 4 atom stereocenters. The Balaban J connectivity index is 1.47. The predicted octanol–water partition coefficient (Wildman–Crippen LogP) is 2.69. The summed E-state index contributed by atoms with van der Waals surface area (Å²) in [5.74, 6) is -1.83. The number of nitrogens with one attached hydrogen (secondary N) is 2. The van der Waals surface area contributed by atoms with Crippen LogP contribution in [0.25, 0.3) is 0 Å². The van der Waals surface area contributed by atoms with Crippen LogP contribution in [0.3, 0.4) is 0 Å². The first-order valence-corrected chi connectivity index (χ1v) is 7.67. The van der Waals surface area contributed by atoms with E-state index in [2.05, 4.69) is 10.6 Å². The minimum absolute atomic E-state index is 0.0809. The highest BCUT2D eigenvalue weighted by Crippen LogP contribution is 2.34. The molecule has 4 unspecified atom stereocenters. The molecule has 0 saturated carbocycles. The minimum Gasteiger partial charge on any atom is -0.373 e. The van der Waals surface area contributed by atoms with Crippen LogP contribution >= 0.6 is 0 Å². The molecule has 1 aromatic rings. The molecule has 2 aliphatic heterocycles. The number of urea groups is 1. The fourth-order valence-electron chi connectivity index (χ4n) is 3.19. The molecule has 2 saturated heterocycles. The number of hydrogen-bond donors (Lipinski definition) is 2. The number of rotatable bonds is 4. The van der Waals surface area contributed by atoms with Crippen LogP contribution in [0.5, 0.6) is 0 Å². The Kier molecular flexibility index (Phi) is 4.29. The normalized spacial score (nSPS) is 27.7. The lowest BCUT2D eigenvalue weighted by Gasteiger charge is -2.21. The third-order valence-corrected chi connectivity index (χ3v) is 4.50. The molecule has 0 aliphatic carbocycles. The predicted molar refractivity (Wildman–Crippen MR) is 77.6 cm³/mol. The van der Waals surface area contributed by atoms with Crippen molar-refractivity contribution in [1.82, 2.24) is 10.6 Å². The van der Waals surface area contributed by atoms with Crippen molar-refractivity contribution in [2.24, 2.45) is 0 Å². The van der Waals surface area contributed by atoms with E-state index in [0.717, 1.165) is 25.3 Å². The summed E-state index contributed by atoms with van der Waals surface area (Å²) < 4.78 is 31.8. The zero-order valence-electron chi connectivity index (χ0n) is 12.4. The van der Waals surface area contributed by atoms with Gasteiger partial charge >= 0.3 is 6.03 Å². The van der Waals surface area contributed by atoms with Gasteiger partial charge in [-0.3, -0.25) is 0 Å². The van der Waals surface area contributed by atoms with Gasteiger partial charge in [0, 0.05) is 6.54 Å². The van der Waals surface area contributed by atoms with Crippen molar-refractivity contribution in [2.75, 3.05) is 6.54 Å². The van der Waals surface area contributed by atoms with Crippen molar-refractivity contribution in [3.63, 3.8) is 0 Å². The monoisotopic (exact) mass is 310 g/mol. The second-order valence-electron chi connectivity index (χ2n) is 6.15. The Labute approximate surface area is 128 Å². The molecule has 2 heterocycles. The van der Waals surface area contributed by atoms with Crippen LogP contribution in [-0.4, -0.2) is 30.8 Å². The van der Waals surface area contributed by atoms with Crippen molar-refractivity contribution in [3.05, 3.63) is 35.4 Å². The summed E-state index contributed by atoms with van der Waals surface area (Å²) in [6.45, 7) is 2.21. The molecule has 2 fully saturated rings. The van der Waals surface area contributed by atoms with Gasteiger partial charge in [0.2, 0.25) is 0 Å². The molecule has 1 aromatic carbocycles. The lowest BCUT2D eigenvalue weighted by Crippen LogP contribution is -2.47. The molecule has 2 N–H and O–H groups in total. The highest BCUT2D eigenvalue weighted by molar-refractivity contribution is 5.74. The smallest absolute Gasteiger partial charge is 0.315 e. The van der Waals surface area contributed by atoms with E-state index in [1.807, 2.05) is 6.92 Å². The molecule has 4 nitrogen and oxygen atoms in total. The molecule has 3 rings (SSSR count). The van der Waals surface area contributed by atoms with Crippen LogP contribution in [0.1, 0.15) is 37.7 Å². The number of hydrogen-bond acceptors (Lipinski definition) is 2. The Morgan fingerprint density at radius 2 is 2.18 bits per heavy atom. The van der Waals surface area contributed by atoms with E-state index in [-0.39, 0.29) is 30.2 Å². The second-order valence-corrected chi connectivity index (χ2v) is 6.15. The molecule has 22 heavy (non-hydrogen) atoms. The number of amides is 2. The van der Waals surface area contributed by atoms with Gasteiger partial charge in [-0.25, -0.2) is 13.6 Å². The summed E-state index contributed by atoms with van der Waals surface area (Å²) in [7, 11) is 0. The lowest BCUT2D eigenvalue weighted by molar-refractivity contribution is 0.0981. The molecule has 120 valence electrons. The van der Waals surface area contributed by atoms with E-state index in [9.17, 15) is 13.6 Å². The molecule has 6 heteroatoms. The van der Waals surface area contributed by atoms with Crippen LogP contribution in [0.4, 0.5) is 13.6 Å². The first kappa shape index (κ1) is 15.2. The van der Waals surface area contributed by atoms with E-state index in [1.54, 1.807) is 0 Å². The standard InChI is InChI=1S/C16H20F2N2O2/c1-9(10-2-4-12(17)13(18)6-10)8-19-16(21)20-14-7-11-3-5-15(14)22-11/h2,4,6,9,11,14-15H,3,5,7-8H2,1H3,(H2,19,20,21). The van der Waals surface area contributed by atoms with E-state index >= 15 is 0 Å². The fraction of sp³-hybridized carbons (Fsp3) is 0.562. The van der Waals surface area contributed by atoms with E-state index in [0.29, 0.717) is 12.1 Å². The van der Waals surface area contributed by atoms with Crippen LogP contribution in [0, 0.1) is 11.6 Å². The highest BCUT2D eigenvalue weighted by atomic mass is 19.2. The maximum atomic E-state index is 13.2. The summed E-state index contributed by atoms with van der Waals surface area (Å²) in [6, 6.07) is 3.65. The van der Waals surface area contributed by atoms with Gasteiger partial charge in [0.15, 0.2) is 11.6 Å². The Hall–Kier alpha value is -1.69. The van der Waals surface area contributed by atoms with Crippen LogP contribution in [-0.2, 0) is 4.74 Å². The average molecular weight is 310 g/mol. The third-order valence-electron chi connectivity index (χ3n) is 4.50. The SMILES string of the molecule is CC(CNC(=O)NC1CC2CCC1O2)c1ccc(F)c(F)c1. The average Bonchev–Trinajstić information content (AvgIpc) is 3.10. The van der Waals surface area contributed by atoms with Gasteiger partial charge in [0.05, 0.1) is 18.2 Å². The summed E-state index contributed by atoms with van der Waals surface area (Å²) >= 11 is 0. The molecule has 0 radical (unpaired) electrons. The summed E-state index contributed by atoms with van der Waals surface area (Å²) in [5.41, 5.74) is 0.655. The van der Waals surface area contributed by atoms with Gasteiger partial charge < -0.3 is 15.4 Å². The van der Waals surface area contributed by atoms with E-state index in [4.69, 9.17) is 4.74 Å². The first-order chi connectivity index (χ1) is 10.5.